The fraction of sp³-hybridized carbons (Fsp3) is 0.444. The highest BCUT2D eigenvalue weighted by Crippen LogP contribution is 2.16. The number of hydrogen-bond acceptors (Lipinski definition) is 5. The number of H-pyrrole nitrogens is 1. The lowest BCUT2D eigenvalue weighted by molar-refractivity contribution is 0.318. The maximum Gasteiger partial charge on any atom is 0.251 e. The molecule has 0 aliphatic carbocycles. The molecule has 0 atom stereocenters. The fourth-order valence-corrected chi connectivity index (χ4v) is 3.60. The molecule has 24 heavy (non-hydrogen) atoms. The lowest BCUT2D eigenvalue weighted by Crippen LogP contribution is -2.10. The molecule has 1 aromatic heterocycles. The van der Waals surface area contributed by atoms with E-state index >= 15 is 0 Å². The van der Waals surface area contributed by atoms with Crippen LogP contribution in [0, 0.1) is 6.92 Å². The number of ether oxygens (including phenoxy) is 1. The predicted octanol–water partition coefficient (Wildman–Crippen LogP) is 4.28. The van der Waals surface area contributed by atoms with Gasteiger partial charge in [0.05, 0.1) is 12.3 Å². The first-order valence-electron chi connectivity index (χ1n) is 8.17. The lowest BCUT2D eigenvalue weighted by Gasteiger charge is -2.07. The van der Waals surface area contributed by atoms with Crippen LogP contribution >= 0.6 is 23.5 Å². The Balaban J connectivity index is 1.73. The molecule has 0 bridgehead atoms. The third-order valence-corrected chi connectivity index (χ3v) is 5.34. The number of aromatic nitrogens is 2. The third kappa shape index (κ3) is 7.01. The average molecular weight is 365 g/mol. The van der Waals surface area contributed by atoms with E-state index in [1.807, 2.05) is 36.0 Å². The molecule has 0 spiro atoms. The summed E-state index contributed by atoms with van der Waals surface area (Å²) < 4.78 is 5.70. The first kappa shape index (κ1) is 18.9. The molecule has 130 valence electrons. The van der Waals surface area contributed by atoms with E-state index in [2.05, 4.69) is 23.8 Å². The van der Waals surface area contributed by atoms with Crippen LogP contribution in [0.15, 0.2) is 40.3 Å². The zero-order valence-corrected chi connectivity index (χ0v) is 15.8. The standard InChI is InChI=1S/C18H24N2O2S2/c1-3-10-23-13-15-12-17(21)20-18(19-15)24-11-4-9-22-16-7-5-14(2)6-8-16/h5-8,12H,3-4,9-11,13H2,1-2H3,(H,19,20,21). The van der Waals surface area contributed by atoms with E-state index in [-0.39, 0.29) is 5.56 Å². The van der Waals surface area contributed by atoms with Crippen molar-refractivity contribution in [2.24, 2.45) is 0 Å². The molecular weight excluding hydrogens is 340 g/mol. The smallest absolute Gasteiger partial charge is 0.251 e. The Morgan fingerprint density at radius 2 is 2.00 bits per heavy atom. The van der Waals surface area contributed by atoms with Crippen molar-refractivity contribution in [1.82, 2.24) is 9.97 Å². The minimum Gasteiger partial charge on any atom is -0.494 e. The van der Waals surface area contributed by atoms with E-state index in [0.29, 0.717) is 11.8 Å². The van der Waals surface area contributed by atoms with Gasteiger partial charge in [-0.1, -0.05) is 36.4 Å². The molecule has 0 radical (unpaired) electrons. The van der Waals surface area contributed by atoms with Crippen LogP contribution in [0.3, 0.4) is 0 Å². The van der Waals surface area contributed by atoms with Crippen molar-refractivity contribution in [2.75, 3.05) is 18.1 Å². The molecule has 0 aliphatic rings. The minimum atomic E-state index is -0.0736. The van der Waals surface area contributed by atoms with Crippen molar-refractivity contribution >= 4 is 23.5 Å². The molecule has 0 unspecified atom stereocenters. The molecule has 4 nitrogen and oxygen atoms in total. The van der Waals surface area contributed by atoms with E-state index in [0.717, 1.165) is 41.5 Å². The Hall–Kier alpha value is -1.40. The zero-order chi connectivity index (χ0) is 17.2. The summed E-state index contributed by atoms with van der Waals surface area (Å²) in [4.78, 5) is 19.0. The third-order valence-electron chi connectivity index (χ3n) is 3.19. The summed E-state index contributed by atoms with van der Waals surface area (Å²) in [6.07, 6.45) is 2.04. The number of thioether (sulfide) groups is 2. The van der Waals surface area contributed by atoms with Gasteiger partial charge in [0.25, 0.3) is 5.56 Å². The summed E-state index contributed by atoms with van der Waals surface area (Å²) in [5, 5.41) is 0.699. The van der Waals surface area contributed by atoms with Gasteiger partial charge in [-0.3, -0.25) is 4.79 Å². The van der Waals surface area contributed by atoms with Gasteiger partial charge in [-0.25, -0.2) is 4.98 Å². The summed E-state index contributed by atoms with van der Waals surface area (Å²) in [5.74, 6) is 3.64. The van der Waals surface area contributed by atoms with E-state index in [1.54, 1.807) is 17.8 Å². The molecule has 2 aromatic rings. The predicted molar refractivity (Wildman–Crippen MR) is 103 cm³/mol. The number of benzene rings is 1. The van der Waals surface area contributed by atoms with Gasteiger partial charge < -0.3 is 9.72 Å². The van der Waals surface area contributed by atoms with Crippen LogP contribution in [0.4, 0.5) is 0 Å². The minimum absolute atomic E-state index is 0.0736. The van der Waals surface area contributed by atoms with E-state index < -0.39 is 0 Å². The molecule has 0 fully saturated rings. The van der Waals surface area contributed by atoms with Gasteiger partial charge >= 0.3 is 0 Å². The number of nitrogens with one attached hydrogen (secondary N) is 1. The molecule has 0 aliphatic heterocycles. The van der Waals surface area contributed by atoms with Crippen LogP contribution in [-0.2, 0) is 5.75 Å². The highest BCUT2D eigenvalue weighted by atomic mass is 32.2. The largest absolute Gasteiger partial charge is 0.494 e. The number of aromatic amines is 1. The molecule has 1 heterocycles. The highest BCUT2D eigenvalue weighted by Gasteiger charge is 2.03. The zero-order valence-electron chi connectivity index (χ0n) is 14.2. The highest BCUT2D eigenvalue weighted by molar-refractivity contribution is 7.99. The molecule has 0 saturated carbocycles. The summed E-state index contributed by atoms with van der Waals surface area (Å²) in [5.41, 5.74) is 2.01. The first-order chi connectivity index (χ1) is 11.7. The molecule has 6 heteroatoms. The summed E-state index contributed by atoms with van der Waals surface area (Å²) >= 11 is 3.38. The van der Waals surface area contributed by atoms with Crippen LogP contribution in [0.25, 0.3) is 0 Å². The number of hydrogen-bond donors (Lipinski definition) is 1. The van der Waals surface area contributed by atoms with Crippen LogP contribution < -0.4 is 10.3 Å². The van der Waals surface area contributed by atoms with Crippen LogP contribution in [-0.4, -0.2) is 28.1 Å². The van der Waals surface area contributed by atoms with Gasteiger partial charge in [0.15, 0.2) is 5.16 Å². The van der Waals surface area contributed by atoms with Crippen LogP contribution in [0.1, 0.15) is 31.0 Å². The molecule has 0 amide bonds. The fourth-order valence-electron chi connectivity index (χ4n) is 2.00. The second-order valence-corrected chi connectivity index (χ2v) is 7.65. The second kappa shape index (κ2) is 10.5. The Morgan fingerprint density at radius 3 is 2.75 bits per heavy atom. The Kier molecular flexibility index (Phi) is 8.25. The molecular formula is C18H24N2O2S2. The monoisotopic (exact) mass is 364 g/mol. The summed E-state index contributed by atoms with van der Waals surface area (Å²) in [6, 6.07) is 9.65. The molecule has 1 N–H and O–H groups in total. The lowest BCUT2D eigenvalue weighted by atomic mass is 10.2. The Labute approximate surface area is 151 Å². The van der Waals surface area contributed by atoms with Crippen LogP contribution in [0.5, 0.6) is 5.75 Å². The number of nitrogens with zero attached hydrogens (tertiary/aromatic N) is 1. The maximum absolute atomic E-state index is 11.7. The van der Waals surface area contributed by atoms with Gasteiger partial charge in [0, 0.05) is 17.6 Å². The number of rotatable bonds is 10. The van der Waals surface area contributed by atoms with Crippen molar-refractivity contribution in [3.8, 4) is 5.75 Å². The van der Waals surface area contributed by atoms with Gasteiger partial charge in [0.2, 0.25) is 0 Å². The second-order valence-electron chi connectivity index (χ2n) is 5.46. The average Bonchev–Trinajstić information content (AvgIpc) is 2.56. The van der Waals surface area contributed by atoms with E-state index in [1.165, 1.54) is 5.56 Å². The van der Waals surface area contributed by atoms with Crippen molar-refractivity contribution < 1.29 is 4.74 Å². The SMILES string of the molecule is CCCSCc1cc(=O)[nH]c(SCCCOc2ccc(C)cc2)n1. The molecule has 1 aromatic carbocycles. The first-order valence-corrected chi connectivity index (χ1v) is 10.3. The Bertz CT molecular complexity index is 671. The Morgan fingerprint density at radius 1 is 1.21 bits per heavy atom. The van der Waals surface area contributed by atoms with E-state index in [9.17, 15) is 4.79 Å². The maximum atomic E-state index is 11.7. The van der Waals surface area contributed by atoms with Gasteiger partial charge in [-0.05, 0) is 37.7 Å². The molecule has 2 rings (SSSR count). The van der Waals surface area contributed by atoms with Crippen molar-refractivity contribution in [1.29, 1.82) is 0 Å². The normalized spacial score (nSPS) is 10.8. The van der Waals surface area contributed by atoms with Gasteiger partial charge in [0.1, 0.15) is 5.75 Å². The van der Waals surface area contributed by atoms with E-state index in [4.69, 9.17) is 4.74 Å². The van der Waals surface area contributed by atoms with Crippen LogP contribution in [0.2, 0.25) is 0 Å². The van der Waals surface area contributed by atoms with Gasteiger partial charge in [-0.2, -0.15) is 11.8 Å². The van der Waals surface area contributed by atoms with Crippen molar-refractivity contribution in [3.05, 3.63) is 51.9 Å². The van der Waals surface area contributed by atoms with Gasteiger partial charge in [-0.15, -0.1) is 0 Å². The van der Waals surface area contributed by atoms with Crippen molar-refractivity contribution in [3.63, 3.8) is 0 Å². The number of aryl methyl sites for hydroxylation is 1. The summed E-state index contributed by atoms with van der Waals surface area (Å²) in [7, 11) is 0. The van der Waals surface area contributed by atoms with Crippen molar-refractivity contribution in [2.45, 2.75) is 37.6 Å². The quantitative estimate of drug-likeness (QED) is 0.387. The topological polar surface area (TPSA) is 55.0 Å². The summed E-state index contributed by atoms with van der Waals surface area (Å²) in [6.45, 7) is 4.87. The molecule has 0 saturated heterocycles.